The number of hydrogen-bond donors (Lipinski definition) is 4. The first-order valence-electron chi connectivity index (χ1n) is 14.5. The van der Waals surface area contributed by atoms with Crippen molar-refractivity contribution in [2.45, 2.75) is 13.2 Å². The fourth-order valence-electron chi connectivity index (χ4n) is 5.22. The van der Waals surface area contributed by atoms with E-state index in [1.165, 1.54) is 24.3 Å². The highest BCUT2D eigenvalue weighted by Crippen LogP contribution is 2.35. The molecule has 0 aliphatic heterocycles. The summed E-state index contributed by atoms with van der Waals surface area (Å²) in [6.45, 7) is 0.705. The molecule has 0 spiro atoms. The van der Waals surface area contributed by atoms with Gasteiger partial charge in [-0.1, -0.05) is 24.3 Å². The summed E-state index contributed by atoms with van der Waals surface area (Å²) in [6, 6.07) is 35.5. The molecule has 8 heteroatoms. The Bertz CT molecular complexity index is 2030. The predicted molar refractivity (Wildman–Crippen MR) is 174 cm³/mol. The van der Waals surface area contributed by atoms with Crippen molar-refractivity contribution in [1.29, 1.82) is 0 Å². The van der Waals surface area contributed by atoms with Crippen LogP contribution in [0.3, 0.4) is 0 Å². The molecule has 0 aliphatic carbocycles. The quantitative estimate of drug-likeness (QED) is 0.125. The van der Waals surface area contributed by atoms with Gasteiger partial charge in [-0.3, -0.25) is 0 Å². The highest BCUT2D eigenvalue weighted by molar-refractivity contribution is 5.87. The van der Waals surface area contributed by atoms with Gasteiger partial charge in [-0.15, -0.1) is 0 Å². The molecule has 0 aliphatic rings. The topological polar surface area (TPSA) is 122 Å². The summed E-state index contributed by atoms with van der Waals surface area (Å²) >= 11 is 0. The molecular formula is C38H28O8+2. The number of hydrogen-bond acceptors (Lipinski definition) is 6. The normalized spacial score (nSPS) is 11.1. The second-order valence-corrected chi connectivity index (χ2v) is 10.7. The number of ether oxygens (including phenoxy) is 2. The van der Waals surface area contributed by atoms with Crippen LogP contribution in [0.25, 0.3) is 44.6 Å². The van der Waals surface area contributed by atoms with Gasteiger partial charge in [0, 0.05) is 24.3 Å². The first kappa shape index (κ1) is 28.5. The van der Waals surface area contributed by atoms with Gasteiger partial charge in [-0.05, 0) is 71.8 Å². The number of rotatable bonds is 8. The van der Waals surface area contributed by atoms with E-state index in [0.29, 0.717) is 58.2 Å². The first-order chi connectivity index (χ1) is 22.4. The van der Waals surface area contributed by atoms with E-state index < -0.39 is 0 Å². The van der Waals surface area contributed by atoms with Crippen LogP contribution in [-0.4, -0.2) is 20.4 Å². The first-order valence-corrected chi connectivity index (χ1v) is 14.5. The van der Waals surface area contributed by atoms with Gasteiger partial charge >= 0.3 is 22.7 Å². The Balaban J connectivity index is 0.992. The average Bonchev–Trinajstić information content (AvgIpc) is 3.06. The Morgan fingerprint density at radius 3 is 1.28 bits per heavy atom. The third-order valence-corrected chi connectivity index (χ3v) is 7.64. The second kappa shape index (κ2) is 12.0. The number of phenolic OH excluding ortho intramolecular Hbond substituents is 4. The maximum absolute atomic E-state index is 10.0. The lowest BCUT2D eigenvalue weighted by Crippen LogP contribution is -2.03. The molecule has 0 unspecified atom stereocenters. The molecule has 2 aromatic heterocycles. The zero-order chi connectivity index (χ0) is 31.6. The summed E-state index contributed by atoms with van der Waals surface area (Å²) < 4.78 is 24.0. The molecule has 8 nitrogen and oxygen atoms in total. The van der Waals surface area contributed by atoms with Crippen LogP contribution in [0.2, 0.25) is 0 Å². The maximum atomic E-state index is 10.0. The lowest BCUT2D eigenvalue weighted by molar-refractivity contribution is 0.285. The lowest BCUT2D eigenvalue weighted by atomic mass is 10.1. The molecular weight excluding hydrogens is 584 g/mol. The minimum Gasteiger partial charge on any atom is -0.507 e. The standard InChI is InChI=1S/C38H26O8/c39-27-17-33(41)31-13-15-35(45-37(31)19-27)23-5-9-29(10-6-23)43-21-25-3-1-2-4-26(25)22-44-30-11-7-24(8-12-30)36-16-14-32-34(42)18-28(40)20-38(32)46-36/h1-20H,21-22H2,(H2-2,39,40,41,42)/p+2. The van der Waals surface area contributed by atoms with Crippen LogP contribution < -0.4 is 9.47 Å². The van der Waals surface area contributed by atoms with Gasteiger partial charge in [-0.25, -0.2) is 8.83 Å². The van der Waals surface area contributed by atoms with E-state index in [0.717, 1.165) is 22.3 Å². The molecule has 226 valence electrons. The van der Waals surface area contributed by atoms with Crippen LogP contribution in [-0.2, 0) is 13.2 Å². The molecule has 0 radical (unpaired) electrons. The van der Waals surface area contributed by atoms with Gasteiger partial charge in [0.05, 0.1) is 23.3 Å². The van der Waals surface area contributed by atoms with Crippen LogP contribution in [0, 0.1) is 0 Å². The van der Waals surface area contributed by atoms with E-state index in [9.17, 15) is 20.4 Å². The van der Waals surface area contributed by atoms with Gasteiger partial charge in [0.15, 0.2) is 0 Å². The Morgan fingerprint density at radius 2 is 0.870 bits per heavy atom. The van der Waals surface area contributed by atoms with E-state index in [2.05, 4.69) is 0 Å². The number of benzene rings is 5. The van der Waals surface area contributed by atoms with Crippen molar-refractivity contribution in [2.75, 3.05) is 0 Å². The van der Waals surface area contributed by atoms with Gasteiger partial charge in [0.2, 0.25) is 0 Å². The molecule has 46 heavy (non-hydrogen) atoms. The van der Waals surface area contributed by atoms with E-state index in [1.54, 1.807) is 24.3 Å². The van der Waals surface area contributed by atoms with Crippen molar-refractivity contribution >= 4 is 21.9 Å². The Labute approximate surface area is 263 Å². The number of aromatic hydroxyl groups is 4. The molecule has 7 aromatic rings. The fourth-order valence-corrected chi connectivity index (χ4v) is 5.22. The molecule has 7 rings (SSSR count). The molecule has 0 saturated carbocycles. The fraction of sp³-hybridized carbons (Fsp3) is 0.0526. The van der Waals surface area contributed by atoms with Crippen LogP contribution in [0.1, 0.15) is 11.1 Å². The van der Waals surface area contributed by atoms with Crippen molar-refractivity contribution in [2.24, 2.45) is 0 Å². The summed E-state index contributed by atoms with van der Waals surface area (Å²) in [4.78, 5) is 0. The van der Waals surface area contributed by atoms with Crippen molar-refractivity contribution in [3.8, 4) is 57.1 Å². The molecule has 0 atom stereocenters. The highest BCUT2D eigenvalue weighted by Gasteiger charge is 2.19. The van der Waals surface area contributed by atoms with Crippen LogP contribution in [0.15, 0.2) is 130 Å². The highest BCUT2D eigenvalue weighted by atomic mass is 16.5. The molecule has 0 fully saturated rings. The third kappa shape index (κ3) is 5.92. The Kier molecular flexibility index (Phi) is 7.44. The molecule has 0 saturated heterocycles. The summed E-state index contributed by atoms with van der Waals surface area (Å²) in [6.07, 6.45) is 0. The van der Waals surface area contributed by atoms with E-state index in [-0.39, 0.29) is 23.0 Å². The summed E-state index contributed by atoms with van der Waals surface area (Å²) in [7, 11) is 0. The maximum Gasteiger partial charge on any atom is 0.368 e. The predicted octanol–water partition coefficient (Wildman–Crippen LogP) is 9.06. The number of phenols is 4. The number of fused-ring (bicyclic) bond motifs is 2. The summed E-state index contributed by atoms with van der Waals surface area (Å²) in [5.41, 5.74) is 4.40. The van der Waals surface area contributed by atoms with Gasteiger partial charge < -0.3 is 29.9 Å². The molecule has 2 heterocycles. The average molecular weight is 613 g/mol. The summed E-state index contributed by atoms with van der Waals surface area (Å²) in [5, 5.41) is 40.7. The SMILES string of the molecule is Oc1cc(O)c2ccc(-c3ccc(OCc4ccccc4COc4ccc(-c5ccc6c(O)cc(O)cc6[o+]5)cc4)cc3)[o+]c2c1. The zero-order valence-corrected chi connectivity index (χ0v) is 24.4. The van der Waals surface area contributed by atoms with Crippen molar-refractivity contribution in [3.05, 3.63) is 132 Å². The van der Waals surface area contributed by atoms with E-state index in [1.807, 2.05) is 72.8 Å². The van der Waals surface area contributed by atoms with Crippen LogP contribution in [0.4, 0.5) is 0 Å². The van der Waals surface area contributed by atoms with Crippen molar-refractivity contribution in [3.63, 3.8) is 0 Å². The minimum absolute atomic E-state index is 0.0442. The molecule has 5 aromatic carbocycles. The largest absolute Gasteiger partial charge is 0.507 e. The van der Waals surface area contributed by atoms with E-state index >= 15 is 0 Å². The van der Waals surface area contributed by atoms with Crippen molar-refractivity contribution in [1.82, 2.24) is 0 Å². The lowest BCUT2D eigenvalue weighted by Gasteiger charge is -2.12. The molecule has 0 amide bonds. The van der Waals surface area contributed by atoms with Gasteiger partial charge in [0.25, 0.3) is 0 Å². The van der Waals surface area contributed by atoms with Crippen LogP contribution >= 0.6 is 0 Å². The van der Waals surface area contributed by atoms with Gasteiger partial charge in [0.1, 0.15) is 58.5 Å². The molecule has 4 N–H and O–H groups in total. The van der Waals surface area contributed by atoms with E-state index in [4.69, 9.17) is 18.3 Å². The Morgan fingerprint density at radius 1 is 0.457 bits per heavy atom. The van der Waals surface area contributed by atoms with Crippen LogP contribution in [0.5, 0.6) is 34.5 Å². The Hall–Kier alpha value is -6.28. The molecule has 0 bridgehead atoms. The monoisotopic (exact) mass is 612 g/mol. The smallest absolute Gasteiger partial charge is 0.368 e. The zero-order valence-electron chi connectivity index (χ0n) is 24.4. The minimum atomic E-state index is -0.0715. The third-order valence-electron chi connectivity index (χ3n) is 7.64. The second-order valence-electron chi connectivity index (χ2n) is 10.7. The summed E-state index contributed by atoms with van der Waals surface area (Å²) in [5.74, 6) is 2.33. The van der Waals surface area contributed by atoms with Gasteiger partial charge in [-0.2, -0.15) is 0 Å². The van der Waals surface area contributed by atoms with Crippen molar-refractivity contribution < 1.29 is 38.7 Å².